The van der Waals surface area contributed by atoms with Crippen molar-refractivity contribution in [2.45, 2.75) is 64.6 Å². The summed E-state index contributed by atoms with van der Waals surface area (Å²) in [6, 6.07) is 6.56. The van der Waals surface area contributed by atoms with E-state index in [1.807, 2.05) is 6.08 Å². The molecular formula is C20H32BrNOSi2. The first-order chi connectivity index (χ1) is 11.3. The van der Waals surface area contributed by atoms with Crippen LogP contribution in [0.5, 0.6) is 0 Å². The molecule has 0 radical (unpaired) electrons. The second-order valence-corrected chi connectivity index (χ2v) is 19.5. The van der Waals surface area contributed by atoms with Crippen molar-refractivity contribution in [3.63, 3.8) is 0 Å². The first-order valence-corrected chi connectivity index (χ1v) is 16.7. The number of aromatic amines is 1. The van der Waals surface area contributed by atoms with Gasteiger partial charge in [-0.1, -0.05) is 47.7 Å². The summed E-state index contributed by atoms with van der Waals surface area (Å²) < 4.78 is 7.56. The molecular weight excluding hydrogens is 406 g/mol. The van der Waals surface area contributed by atoms with Crippen LogP contribution in [0, 0.1) is 0 Å². The van der Waals surface area contributed by atoms with Crippen LogP contribution in [0.25, 0.3) is 10.9 Å². The van der Waals surface area contributed by atoms with E-state index < -0.39 is 16.4 Å². The van der Waals surface area contributed by atoms with Crippen molar-refractivity contribution in [2.24, 2.45) is 0 Å². The molecule has 0 amide bonds. The maximum Gasteiger partial charge on any atom is 0.184 e. The zero-order valence-corrected chi connectivity index (χ0v) is 20.3. The highest BCUT2D eigenvalue weighted by Crippen LogP contribution is 2.29. The summed E-state index contributed by atoms with van der Waals surface area (Å²) in [7, 11) is -3.08. The molecule has 0 aliphatic rings. The standard InChI is InChI=1S/C20H32BrNOSi2/c1-9-20(2,23-25(6,7)8)13-12-17-16-11-10-15(21)14-18(16)22-19(17)24(3,4)5/h9-11,14,22H,1,12-13H2,2-8H3/t20-/m0/s1. The zero-order chi connectivity index (χ0) is 19.0. The van der Waals surface area contributed by atoms with E-state index in [1.165, 1.54) is 21.8 Å². The molecule has 25 heavy (non-hydrogen) atoms. The number of nitrogens with one attached hydrogen (secondary N) is 1. The summed E-state index contributed by atoms with van der Waals surface area (Å²) in [4.78, 5) is 3.72. The highest BCUT2D eigenvalue weighted by atomic mass is 79.9. The summed E-state index contributed by atoms with van der Waals surface area (Å²) >= 11 is 3.59. The second kappa shape index (κ2) is 7.18. The largest absolute Gasteiger partial charge is 0.409 e. The Balaban J connectivity index is 2.41. The number of hydrogen-bond donors (Lipinski definition) is 1. The molecule has 1 aromatic carbocycles. The highest BCUT2D eigenvalue weighted by molar-refractivity contribution is 9.10. The van der Waals surface area contributed by atoms with E-state index >= 15 is 0 Å². The van der Waals surface area contributed by atoms with Gasteiger partial charge in [0.15, 0.2) is 8.32 Å². The van der Waals surface area contributed by atoms with Crippen molar-refractivity contribution in [3.8, 4) is 0 Å². The van der Waals surface area contributed by atoms with E-state index in [2.05, 4.69) is 91.9 Å². The average Bonchev–Trinajstić information content (AvgIpc) is 2.81. The Kier molecular flexibility index (Phi) is 5.94. The van der Waals surface area contributed by atoms with Crippen LogP contribution < -0.4 is 5.32 Å². The summed E-state index contributed by atoms with van der Waals surface area (Å²) in [5, 5.41) is 2.81. The van der Waals surface area contributed by atoms with Crippen LogP contribution in [0.4, 0.5) is 0 Å². The molecule has 1 atom stereocenters. The molecule has 138 valence electrons. The van der Waals surface area contributed by atoms with Gasteiger partial charge in [-0.2, -0.15) is 0 Å². The lowest BCUT2D eigenvalue weighted by molar-refractivity contribution is 0.123. The molecule has 0 fully saturated rings. The maximum atomic E-state index is 6.44. The van der Waals surface area contributed by atoms with Crippen molar-refractivity contribution in [1.82, 2.24) is 4.98 Å². The van der Waals surface area contributed by atoms with Gasteiger partial charge in [-0.15, -0.1) is 6.58 Å². The zero-order valence-electron chi connectivity index (χ0n) is 16.7. The van der Waals surface area contributed by atoms with Gasteiger partial charge in [-0.05, 0) is 57.1 Å². The van der Waals surface area contributed by atoms with Crippen molar-refractivity contribution in [3.05, 3.63) is 40.9 Å². The highest BCUT2D eigenvalue weighted by Gasteiger charge is 2.30. The molecule has 0 unspecified atom stereocenters. The number of aryl methyl sites for hydroxylation is 1. The summed E-state index contributed by atoms with van der Waals surface area (Å²) in [6.07, 6.45) is 3.96. The fourth-order valence-corrected chi connectivity index (χ4v) is 7.02. The summed E-state index contributed by atoms with van der Waals surface area (Å²) in [6.45, 7) is 20.2. The fourth-order valence-electron chi connectivity index (χ4n) is 3.40. The van der Waals surface area contributed by atoms with Gasteiger partial charge in [-0.3, -0.25) is 0 Å². The van der Waals surface area contributed by atoms with Crippen molar-refractivity contribution in [1.29, 1.82) is 0 Å². The number of hydrogen-bond acceptors (Lipinski definition) is 1. The second-order valence-electron chi connectivity index (χ2n) is 9.15. The van der Waals surface area contributed by atoms with Gasteiger partial charge in [0.1, 0.15) is 0 Å². The fraction of sp³-hybridized carbons (Fsp3) is 0.500. The molecule has 0 aliphatic heterocycles. The first kappa shape index (κ1) is 20.7. The smallest absolute Gasteiger partial charge is 0.184 e. The SMILES string of the molecule is C=C[C@@](C)(CCc1c([Si](C)(C)C)[nH]c2cc(Br)ccc12)O[Si](C)(C)C. The predicted molar refractivity (Wildman–Crippen MR) is 120 cm³/mol. The Morgan fingerprint density at radius 2 is 1.84 bits per heavy atom. The van der Waals surface area contributed by atoms with Crippen molar-refractivity contribution < 1.29 is 4.43 Å². The van der Waals surface area contributed by atoms with Crippen LogP contribution in [-0.4, -0.2) is 27.0 Å². The van der Waals surface area contributed by atoms with E-state index in [1.54, 1.807) is 0 Å². The van der Waals surface area contributed by atoms with E-state index in [4.69, 9.17) is 4.43 Å². The van der Waals surface area contributed by atoms with Crippen LogP contribution in [0.2, 0.25) is 39.3 Å². The number of rotatable bonds is 7. The van der Waals surface area contributed by atoms with Gasteiger partial charge < -0.3 is 9.41 Å². The third kappa shape index (κ3) is 5.19. The van der Waals surface area contributed by atoms with Crippen LogP contribution in [0.15, 0.2) is 35.3 Å². The molecule has 1 N–H and O–H groups in total. The third-order valence-corrected chi connectivity index (χ3v) is 7.96. The van der Waals surface area contributed by atoms with Crippen LogP contribution in [0.3, 0.4) is 0 Å². The molecule has 1 aromatic heterocycles. The number of aromatic nitrogens is 1. The Morgan fingerprint density at radius 3 is 2.36 bits per heavy atom. The molecule has 0 saturated heterocycles. The molecule has 0 aliphatic carbocycles. The predicted octanol–water partition coefficient (Wildman–Crippen LogP) is 6.20. The number of benzene rings is 1. The molecule has 2 nitrogen and oxygen atoms in total. The Bertz CT molecular complexity index is 770. The summed E-state index contributed by atoms with van der Waals surface area (Å²) in [5.74, 6) is 0. The van der Waals surface area contributed by atoms with Gasteiger partial charge >= 0.3 is 0 Å². The minimum Gasteiger partial charge on any atom is -0.409 e. The van der Waals surface area contributed by atoms with Gasteiger partial charge in [0.05, 0.1) is 13.7 Å². The van der Waals surface area contributed by atoms with Gasteiger partial charge in [0.25, 0.3) is 0 Å². The first-order valence-electron chi connectivity index (χ1n) is 8.99. The van der Waals surface area contributed by atoms with Crippen LogP contribution >= 0.6 is 15.9 Å². The molecule has 1 heterocycles. The number of H-pyrrole nitrogens is 1. The average molecular weight is 439 g/mol. The third-order valence-electron chi connectivity index (χ3n) is 4.46. The monoisotopic (exact) mass is 437 g/mol. The quantitative estimate of drug-likeness (QED) is 0.404. The molecule has 0 bridgehead atoms. The van der Waals surface area contributed by atoms with Crippen molar-refractivity contribution in [2.75, 3.05) is 0 Å². The lowest BCUT2D eigenvalue weighted by Crippen LogP contribution is -2.42. The Labute approximate surface area is 163 Å². The molecule has 5 heteroatoms. The van der Waals surface area contributed by atoms with E-state index in [0.717, 1.165) is 17.3 Å². The lowest BCUT2D eigenvalue weighted by atomic mass is 9.97. The van der Waals surface area contributed by atoms with Crippen LogP contribution in [0.1, 0.15) is 18.9 Å². The summed E-state index contributed by atoms with van der Waals surface area (Å²) in [5.41, 5.74) is 2.43. The van der Waals surface area contributed by atoms with Gasteiger partial charge in [0, 0.05) is 20.7 Å². The van der Waals surface area contributed by atoms with E-state index in [0.29, 0.717) is 0 Å². The molecule has 2 rings (SSSR count). The maximum absolute atomic E-state index is 6.44. The molecule has 0 saturated carbocycles. The van der Waals surface area contributed by atoms with Gasteiger partial charge in [0.2, 0.25) is 0 Å². The van der Waals surface area contributed by atoms with E-state index in [-0.39, 0.29) is 5.60 Å². The Hall–Kier alpha value is -0.626. The molecule has 2 aromatic rings. The van der Waals surface area contributed by atoms with Crippen molar-refractivity contribution >= 4 is 48.5 Å². The number of fused-ring (bicyclic) bond motifs is 1. The topological polar surface area (TPSA) is 25.0 Å². The van der Waals surface area contributed by atoms with E-state index in [9.17, 15) is 0 Å². The Morgan fingerprint density at radius 1 is 1.20 bits per heavy atom. The minimum absolute atomic E-state index is 0.264. The normalized spacial score (nSPS) is 15.4. The molecule has 0 spiro atoms. The number of halogens is 1. The van der Waals surface area contributed by atoms with Crippen LogP contribution in [-0.2, 0) is 10.8 Å². The van der Waals surface area contributed by atoms with Gasteiger partial charge in [-0.25, -0.2) is 0 Å². The minimum atomic E-state index is -1.62. The lowest BCUT2D eigenvalue weighted by Gasteiger charge is -2.34.